The van der Waals surface area contributed by atoms with Crippen LogP contribution in [0.4, 0.5) is 14.6 Å². The normalized spacial score (nSPS) is 10.8. The summed E-state index contributed by atoms with van der Waals surface area (Å²) in [5.41, 5.74) is 2.26. The molecular formula is C23H17F2N5O3. The summed E-state index contributed by atoms with van der Waals surface area (Å²) in [4.78, 5) is 24.9. The number of carbonyl (C=O) groups excluding carboxylic acids is 1. The summed E-state index contributed by atoms with van der Waals surface area (Å²) in [6.07, 6.45) is 0. The molecule has 8 nitrogen and oxygen atoms in total. The van der Waals surface area contributed by atoms with Gasteiger partial charge in [0.2, 0.25) is 11.8 Å². The molecule has 0 atom stereocenters. The fourth-order valence-corrected chi connectivity index (χ4v) is 3.42. The number of nitrogens with one attached hydrogen (secondary N) is 1. The Balaban J connectivity index is 1.65. The number of benzene rings is 2. The molecule has 2 aromatic carbocycles. The van der Waals surface area contributed by atoms with Gasteiger partial charge in [-0.1, -0.05) is 6.07 Å². The highest BCUT2D eigenvalue weighted by Crippen LogP contribution is 2.30. The van der Waals surface area contributed by atoms with E-state index in [1.165, 1.54) is 42.5 Å². The quantitative estimate of drug-likeness (QED) is 0.500. The predicted octanol–water partition coefficient (Wildman–Crippen LogP) is 3.70. The van der Waals surface area contributed by atoms with Crippen molar-refractivity contribution in [3.63, 3.8) is 0 Å². The number of rotatable bonds is 5. The first-order valence-electron chi connectivity index (χ1n) is 9.80. The maximum absolute atomic E-state index is 13.8. The van der Waals surface area contributed by atoms with Gasteiger partial charge in [-0.2, -0.15) is 9.94 Å². The number of aromatic nitrogens is 3. The second-order valence-electron chi connectivity index (χ2n) is 7.25. The van der Waals surface area contributed by atoms with Gasteiger partial charge in [-0.25, -0.2) is 13.6 Å². The number of hydrogen-bond donors (Lipinski definition) is 1. The van der Waals surface area contributed by atoms with E-state index < -0.39 is 29.8 Å². The van der Waals surface area contributed by atoms with E-state index in [4.69, 9.17) is 4.42 Å². The van der Waals surface area contributed by atoms with E-state index in [1.807, 2.05) is 0 Å². The van der Waals surface area contributed by atoms with Crippen LogP contribution < -0.4 is 11.1 Å². The monoisotopic (exact) mass is 449 g/mol. The third kappa shape index (κ3) is 4.16. The van der Waals surface area contributed by atoms with Gasteiger partial charge in [0.15, 0.2) is 0 Å². The Kier molecular flexibility index (Phi) is 5.62. The molecule has 0 saturated carbocycles. The molecule has 0 bridgehead atoms. The molecule has 10 heteroatoms. The molecule has 0 fully saturated rings. The fraction of sp³-hybridized carbons (Fsp3) is 0.130. The topological polar surface area (TPSA) is 106 Å². The average molecular weight is 449 g/mol. The second-order valence-corrected chi connectivity index (χ2v) is 7.25. The first kappa shape index (κ1) is 21.7. The first-order valence-corrected chi connectivity index (χ1v) is 9.80. The van der Waals surface area contributed by atoms with E-state index in [-0.39, 0.29) is 17.3 Å². The smallest absolute Gasteiger partial charge is 0.388 e. The summed E-state index contributed by atoms with van der Waals surface area (Å²) < 4.78 is 34.4. The summed E-state index contributed by atoms with van der Waals surface area (Å²) in [5, 5.41) is 16.2. The molecule has 0 spiro atoms. The summed E-state index contributed by atoms with van der Waals surface area (Å²) in [6, 6.07) is 12.9. The molecule has 0 aliphatic carbocycles. The summed E-state index contributed by atoms with van der Waals surface area (Å²) >= 11 is 0. The number of nitrogens with zero attached hydrogens (tertiary/aromatic N) is 4. The molecule has 0 saturated heterocycles. The predicted molar refractivity (Wildman–Crippen MR) is 115 cm³/mol. The van der Waals surface area contributed by atoms with Crippen molar-refractivity contribution in [3.8, 4) is 23.2 Å². The molecule has 0 unspecified atom stereocenters. The van der Waals surface area contributed by atoms with Crippen LogP contribution in [0.3, 0.4) is 0 Å². The lowest BCUT2D eigenvalue weighted by atomic mass is 10.2. The standard InChI is InChI=1S/C23H17F2N5O3/c1-13-14(2)30(18-5-3-4-17(25)10-18)21(19(13)11-26)27-20(31)12-29-23(32)33-22(28-29)15-6-8-16(24)9-7-15/h3-10H,12H2,1-2H3,(H,27,31). The van der Waals surface area contributed by atoms with E-state index in [9.17, 15) is 23.6 Å². The molecule has 2 heterocycles. The van der Waals surface area contributed by atoms with E-state index >= 15 is 0 Å². The summed E-state index contributed by atoms with van der Waals surface area (Å²) in [5.74, 6) is -2.38. The van der Waals surface area contributed by atoms with Gasteiger partial charge in [-0.3, -0.25) is 9.36 Å². The van der Waals surface area contributed by atoms with Crippen molar-refractivity contribution in [1.82, 2.24) is 14.3 Å². The summed E-state index contributed by atoms with van der Waals surface area (Å²) in [6.45, 7) is 2.96. The zero-order chi connectivity index (χ0) is 23.7. The Morgan fingerprint density at radius 2 is 1.88 bits per heavy atom. The molecule has 0 aliphatic heterocycles. The van der Waals surface area contributed by atoms with Crippen LogP contribution in [0.15, 0.2) is 57.7 Å². The molecular weight excluding hydrogens is 432 g/mol. The van der Waals surface area contributed by atoms with Gasteiger partial charge >= 0.3 is 5.76 Å². The Bertz CT molecular complexity index is 1460. The number of halogens is 2. The maximum Gasteiger partial charge on any atom is 0.437 e. The van der Waals surface area contributed by atoms with Crippen LogP contribution in [0, 0.1) is 36.8 Å². The van der Waals surface area contributed by atoms with Crippen LogP contribution in [0.2, 0.25) is 0 Å². The van der Waals surface area contributed by atoms with Crippen LogP contribution in [0.25, 0.3) is 17.1 Å². The molecule has 1 amide bonds. The molecule has 2 aromatic heterocycles. The molecule has 0 radical (unpaired) electrons. The minimum absolute atomic E-state index is 0.0691. The van der Waals surface area contributed by atoms with E-state index in [2.05, 4.69) is 16.5 Å². The minimum atomic E-state index is -0.877. The van der Waals surface area contributed by atoms with Crippen LogP contribution >= 0.6 is 0 Å². The van der Waals surface area contributed by atoms with E-state index in [0.717, 1.165) is 4.68 Å². The lowest BCUT2D eigenvalue weighted by Gasteiger charge is -2.13. The van der Waals surface area contributed by atoms with Crippen LogP contribution in [0.5, 0.6) is 0 Å². The third-order valence-corrected chi connectivity index (χ3v) is 5.14. The van der Waals surface area contributed by atoms with Gasteiger partial charge in [0, 0.05) is 11.3 Å². The summed E-state index contributed by atoms with van der Waals surface area (Å²) in [7, 11) is 0. The zero-order valence-electron chi connectivity index (χ0n) is 17.6. The van der Waals surface area contributed by atoms with Gasteiger partial charge in [0.1, 0.15) is 30.1 Å². The molecule has 166 valence electrons. The highest BCUT2D eigenvalue weighted by atomic mass is 19.1. The number of nitriles is 1. The van der Waals surface area contributed by atoms with E-state index in [1.54, 1.807) is 24.5 Å². The molecule has 4 aromatic rings. The van der Waals surface area contributed by atoms with Crippen LogP contribution in [-0.2, 0) is 11.3 Å². The fourth-order valence-electron chi connectivity index (χ4n) is 3.42. The molecule has 33 heavy (non-hydrogen) atoms. The highest BCUT2D eigenvalue weighted by Gasteiger charge is 2.22. The second kappa shape index (κ2) is 8.55. The van der Waals surface area contributed by atoms with Gasteiger partial charge in [-0.05, 0) is 61.9 Å². The van der Waals surface area contributed by atoms with Gasteiger partial charge in [0.05, 0.1) is 11.3 Å². The van der Waals surface area contributed by atoms with Gasteiger partial charge in [0.25, 0.3) is 0 Å². The third-order valence-electron chi connectivity index (χ3n) is 5.14. The van der Waals surface area contributed by atoms with E-state index in [0.29, 0.717) is 22.5 Å². The lowest BCUT2D eigenvalue weighted by molar-refractivity contribution is -0.117. The Morgan fingerprint density at radius 3 is 2.55 bits per heavy atom. The number of anilines is 1. The minimum Gasteiger partial charge on any atom is -0.388 e. The van der Waals surface area contributed by atoms with Gasteiger partial charge in [-0.15, -0.1) is 5.10 Å². The van der Waals surface area contributed by atoms with Crippen molar-refractivity contribution in [2.45, 2.75) is 20.4 Å². The Morgan fingerprint density at radius 1 is 1.15 bits per heavy atom. The lowest BCUT2D eigenvalue weighted by Crippen LogP contribution is -2.27. The molecule has 4 rings (SSSR count). The maximum atomic E-state index is 13.8. The average Bonchev–Trinajstić information content (AvgIpc) is 3.25. The van der Waals surface area contributed by atoms with Crippen molar-refractivity contribution in [1.29, 1.82) is 5.26 Å². The van der Waals surface area contributed by atoms with Crippen LogP contribution in [0.1, 0.15) is 16.8 Å². The Hall–Kier alpha value is -4.52. The highest BCUT2D eigenvalue weighted by molar-refractivity contribution is 5.92. The van der Waals surface area contributed by atoms with Crippen molar-refractivity contribution in [3.05, 3.63) is 87.5 Å². The van der Waals surface area contributed by atoms with Gasteiger partial charge < -0.3 is 9.73 Å². The molecule has 0 aliphatic rings. The van der Waals surface area contributed by atoms with Crippen LogP contribution in [-0.4, -0.2) is 20.3 Å². The molecule has 1 N–H and O–H groups in total. The SMILES string of the molecule is Cc1c(C#N)c(NC(=O)Cn2nc(-c3ccc(F)cc3)oc2=O)n(-c2cccc(F)c2)c1C. The zero-order valence-corrected chi connectivity index (χ0v) is 17.6. The van der Waals surface area contributed by atoms with Crippen molar-refractivity contribution >= 4 is 11.7 Å². The number of carbonyl (C=O) groups is 1. The van der Waals surface area contributed by atoms with Crippen molar-refractivity contribution in [2.24, 2.45) is 0 Å². The number of hydrogen-bond acceptors (Lipinski definition) is 5. The van der Waals surface area contributed by atoms with Crippen molar-refractivity contribution in [2.75, 3.05) is 5.32 Å². The first-order chi connectivity index (χ1) is 15.8. The Labute approximate surface area is 186 Å². The van der Waals surface area contributed by atoms with Crippen molar-refractivity contribution < 1.29 is 18.0 Å². The largest absolute Gasteiger partial charge is 0.437 e. The number of amides is 1.